The lowest BCUT2D eigenvalue weighted by atomic mass is 9.75. The number of ether oxygens (including phenoxy) is 1. The monoisotopic (exact) mass is 472 g/mol. The molecule has 174 valence electrons. The van der Waals surface area contributed by atoms with Crippen LogP contribution in [0.25, 0.3) is 0 Å². The molecule has 0 aromatic heterocycles. The number of methoxy groups -OCH3 is 1. The molecule has 2 aromatic rings. The van der Waals surface area contributed by atoms with Crippen molar-refractivity contribution in [3.8, 4) is 11.5 Å². The molecule has 3 N–H and O–H groups in total. The first-order chi connectivity index (χ1) is 15.6. The van der Waals surface area contributed by atoms with Crippen LogP contribution in [0.15, 0.2) is 42.5 Å². The van der Waals surface area contributed by atoms with E-state index in [2.05, 4.69) is 5.32 Å². The van der Waals surface area contributed by atoms with Gasteiger partial charge in [-0.05, 0) is 42.7 Å². The fourth-order valence-corrected chi connectivity index (χ4v) is 5.31. The Labute approximate surface area is 196 Å². The number of benzene rings is 2. The van der Waals surface area contributed by atoms with E-state index in [0.29, 0.717) is 16.3 Å². The lowest BCUT2D eigenvalue weighted by molar-refractivity contribution is -0.149. The molecular weight excluding hydrogens is 448 g/mol. The van der Waals surface area contributed by atoms with E-state index in [-0.39, 0.29) is 23.8 Å². The summed E-state index contributed by atoms with van der Waals surface area (Å²) < 4.78 is 5.20. The first kappa shape index (κ1) is 23.1. The number of hydrogen-bond donors (Lipinski definition) is 3. The predicted molar refractivity (Wildman–Crippen MR) is 121 cm³/mol. The number of carboxylic acid groups (broad SMARTS) is 1. The third kappa shape index (κ3) is 3.54. The Balaban J connectivity index is 1.89. The maximum atomic E-state index is 13.7. The van der Waals surface area contributed by atoms with E-state index in [9.17, 15) is 24.6 Å². The van der Waals surface area contributed by atoms with Crippen molar-refractivity contribution in [2.45, 2.75) is 31.8 Å². The molecule has 33 heavy (non-hydrogen) atoms. The molecule has 2 aliphatic heterocycles. The number of rotatable bonds is 6. The zero-order valence-electron chi connectivity index (χ0n) is 18.4. The van der Waals surface area contributed by atoms with E-state index in [4.69, 9.17) is 16.3 Å². The Hall–Kier alpha value is -3.10. The van der Waals surface area contributed by atoms with Crippen LogP contribution in [0.3, 0.4) is 0 Å². The molecule has 2 fully saturated rings. The van der Waals surface area contributed by atoms with Crippen LogP contribution in [0.2, 0.25) is 5.02 Å². The smallest absolute Gasteiger partial charge is 0.324 e. The number of nitrogens with one attached hydrogen (secondary N) is 1. The first-order valence-corrected chi connectivity index (χ1v) is 11.0. The van der Waals surface area contributed by atoms with Gasteiger partial charge in [0.25, 0.3) is 0 Å². The maximum absolute atomic E-state index is 13.7. The van der Waals surface area contributed by atoms with E-state index in [1.54, 1.807) is 42.5 Å². The van der Waals surface area contributed by atoms with Crippen LogP contribution in [0.5, 0.6) is 11.5 Å². The number of phenols is 1. The molecule has 0 saturated carbocycles. The van der Waals surface area contributed by atoms with Crippen molar-refractivity contribution in [3.63, 3.8) is 0 Å². The van der Waals surface area contributed by atoms with Gasteiger partial charge in [-0.25, -0.2) is 4.90 Å². The Morgan fingerprint density at radius 1 is 1.18 bits per heavy atom. The summed E-state index contributed by atoms with van der Waals surface area (Å²) in [5.74, 6) is -4.61. The van der Waals surface area contributed by atoms with Crippen molar-refractivity contribution in [1.29, 1.82) is 0 Å². The average molecular weight is 473 g/mol. The predicted octanol–water partition coefficient (Wildman–Crippen LogP) is 3.37. The molecule has 2 amide bonds. The van der Waals surface area contributed by atoms with E-state index in [0.717, 1.165) is 4.90 Å². The molecule has 0 bridgehead atoms. The van der Waals surface area contributed by atoms with Crippen LogP contribution in [0, 0.1) is 17.8 Å². The lowest BCUT2D eigenvalue weighted by Gasteiger charge is -2.32. The van der Waals surface area contributed by atoms with Gasteiger partial charge in [-0.2, -0.15) is 0 Å². The quantitative estimate of drug-likeness (QED) is 0.552. The molecule has 4 atom stereocenters. The summed E-state index contributed by atoms with van der Waals surface area (Å²) in [7, 11) is 1.40. The summed E-state index contributed by atoms with van der Waals surface area (Å²) in [5, 5.41) is 24.7. The SMILES string of the molecule is COc1cccc([C@@H]2N[C@](CC(C)C)(C(=O)O)[C@@H]3C(=O)N(c4ccc(Cl)cc4)C(=O)[C@H]32)c1O. The number of imide groups is 1. The van der Waals surface area contributed by atoms with Crippen molar-refractivity contribution >= 4 is 35.1 Å². The van der Waals surface area contributed by atoms with Gasteiger partial charge in [-0.1, -0.05) is 37.6 Å². The van der Waals surface area contributed by atoms with Gasteiger partial charge in [-0.15, -0.1) is 0 Å². The fraction of sp³-hybridized carbons (Fsp3) is 0.375. The number of aliphatic carboxylic acids is 1. The standard InChI is InChI=1S/C24H25ClN2O6/c1-12(2)11-24(23(31)32)18-17(19(26-24)15-5-4-6-16(33-3)20(15)28)21(29)27(22(18)30)14-9-7-13(25)8-10-14/h4-10,12,17-19,26,28H,11H2,1-3H3,(H,31,32)/t17-,18+,19+,24+/m1/s1. The van der Waals surface area contributed by atoms with E-state index < -0.39 is 41.2 Å². The highest BCUT2D eigenvalue weighted by molar-refractivity contribution is 6.31. The second-order valence-electron chi connectivity index (χ2n) is 8.89. The van der Waals surface area contributed by atoms with Crippen molar-refractivity contribution < 1.29 is 29.3 Å². The van der Waals surface area contributed by atoms with E-state index in [1.807, 2.05) is 13.8 Å². The molecule has 2 saturated heterocycles. The first-order valence-electron chi connectivity index (χ1n) is 10.6. The molecule has 2 aromatic carbocycles. The number of carbonyl (C=O) groups excluding carboxylic acids is 2. The number of halogens is 1. The number of aromatic hydroxyl groups is 1. The molecule has 9 heteroatoms. The Morgan fingerprint density at radius 2 is 1.85 bits per heavy atom. The average Bonchev–Trinajstić information content (AvgIpc) is 3.23. The molecule has 0 aliphatic carbocycles. The number of carboxylic acids is 1. The summed E-state index contributed by atoms with van der Waals surface area (Å²) >= 11 is 5.96. The second kappa shape index (κ2) is 8.35. The van der Waals surface area contributed by atoms with Crippen LogP contribution < -0.4 is 15.0 Å². The number of anilines is 1. The van der Waals surface area contributed by atoms with Gasteiger partial charge >= 0.3 is 5.97 Å². The number of carbonyl (C=O) groups is 3. The minimum absolute atomic E-state index is 0.0839. The largest absolute Gasteiger partial charge is 0.504 e. The minimum atomic E-state index is -1.69. The number of fused-ring (bicyclic) bond motifs is 1. The summed E-state index contributed by atoms with van der Waals surface area (Å²) in [5.41, 5.74) is -1.07. The zero-order chi connectivity index (χ0) is 24.1. The topological polar surface area (TPSA) is 116 Å². The van der Waals surface area contributed by atoms with E-state index in [1.165, 1.54) is 7.11 Å². The van der Waals surface area contributed by atoms with Gasteiger partial charge in [0.2, 0.25) is 11.8 Å². The third-order valence-electron chi connectivity index (χ3n) is 6.44. The Bertz CT molecular complexity index is 1120. The number of phenolic OH excluding ortho intramolecular Hbond substituents is 1. The highest BCUT2D eigenvalue weighted by atomic mass is 35.5. The molecule has 2 heterocycles. The highest BCUT2D eigenvalue weighted by Gasteiger charge is 2.68. The van der Waals surface area contributed by atoms with Crippen LogP contribution in [-0.2, 0) is 14.4 Å². The second-order valence-corrected chi connectivity index (χ2v) is 9.32. The van der Waals surface area contributed by atoms with Gasteiger partial charge in [0.1, 0.15) is 5.54 Å². The van der Waals surface area contributed by atoms with Gasteiger partial charge in [-0.3, -0.25) is 19.7 Å². The summed E-state index contributed by atoms with van der Waals surface area (Å²) in [6, 6.07) is 10.1. The van der Waals surface area contributed by atoms with Gasteiger partial charge in [0.15, 0.2) is 11.5 Å². The molecule has 0 radical (unpaired) electrons. The fourth-order valence-electron chi connectivity index (χ4n) is 5.19. The zero-order valence-corrected chi connectivity index (χ0v) is 19.2. The number of hydrogen-bond acceptors (Lipinski definition) is 6. The molecule has 0 unspecified atom stereocenters. The third-order valence-corrected chi connectivity index (χ3v) is 6.69. The van der Waals surface area contributed by atoms with Crippen LogP contribution in [0.4, 0.5) is 5.69 Å². The summed E-state index contributed by atoms with van der Waals surface area (Å²) in [6.07, 6.45) is 0.123. The van der Waals surface area contributed by atoms with Crippen molar-refractivity contribution in [2.24, 2.45) is 17.8 Å². The Kier molecular flexibility index (Phi) is 5.84. The number of para-hydroxylation sites is 1. The summed E-state index contributed by atoms with van der Waals surface area (Å²) in [4.78, 5) is 41.0. The van der Waals surface area contributed by atoms with Crippen LogP contribution >= 0.6 is 11.6 Å². The molecule has 8 nitrogen and oxygen atoms in total. The van der Waals surface area contributed by atoms with Gasteiger partial charge in [0.05, 0.1) is 24.6 Å². The minimum Gasteiger partial charge on any atom is -0.504 e. The maximum Gasteiger partial charge on any atom is 0.324 e. The van der Waals surface area contributed by atoms with Crippen molar-refractivity contribution in [2.75, 3.05) is 12.0 Å². The number of amides is 2. The summed E-state index contributed by atoms with van der Waals surface area (Å²) in [6.45, 7) is 3.71. The highest BCUT2D eigenvalue weighted by Crippen LogP contribution is 2.53. The number of nitrogens with zero attached hydrogens (tertiary/aromatic N) is 1. The lowest BCUT2D eigenvalue weighted by Crippen LogP contribution is -2.56. The van der Waals surface area contributed by atoms with E-state index >= 15 is 0 Å². The molecule has 4 rings (SSSR count). The van der Waals surface area contributed by atoms with Crippen LogP contribution in [-0.4, -0.2) is 40.6 Å². The molecule has 2 aliphatic rings. The Morgan fingerprint density at radius 3 is 2.42 bits per heavy atom. The molecule has 0 spiro atoms. The van der Waals surface area contributed by atoms with Gasteiger partial charge in [0, 0.05) is 16.6 Å². The van der Waals surface area contributed by atoms with Crippen molar-refractivity contribution in [3.05, 3.63) is 53.1 Å². The van der Waals surface area contributed by atoms with Gasteiger partial charge < -0.3 is 14.9 Å². The normalized spacial score (nSPS) is 26.7. The van der Waals surface area contributed by atoms with Crippen LogP contribution in [0.1, 0.15) is 31.9 Å². The molecular formula is C24H25ClN2O6. The van der Waals surface area contributed by atoms with Crippen molar-refractivity contribution in [1.82, 2.24) is 5.32 Å².